The number of nitrogens with zero attached hydrogens (tertiary/aromatic N) is 3. The van der Waals surface area contributed by atoms with Gasteiger partial charge in [0.15, 0.2) is 11.6 Å². The molecule has 4 N–H and O–H groups in total. The van der Waals surface area contributed by atoms with E-state index in [1.165, 1.54) is 0 Å². The van der Waals surface area contributed by atoms with E-state index in [9.17, 15) is 0 Å². The Morgan fingerprint density at radius 1 is 1.14 bits per heavy atom. The number of nitrogens with one attached hydrogen (secondary N) is 2. The molecule has 7 heteroatoms. The Balaban J connectivity index is 2.52. The van der Waals surface area contributed by atoms with E-state index in [-0.39, 0.29) is 5.92 Å². The van der Waals surface area contributed by atoms with Crippen LogP contribution in [0.4, 0.5) is 17.5 Å². The van der Waals surface area contributed by atoms with Crippen LogP contribution < -0.4 is 21.1 Å². The molecule has 0 saturated carbocycles. The van der Waals surface area contributed by atoms with Crippen molar-refractivity contribution in [1.29, 1.82) is 0 Å². The predicted octanol–water partition coefficient (Wildman–Crippen LogP) is 2.76. The maximum atomic E-state index is 5.97. The number of anilines is 3. The van der Waals surface area contributed by atoms with Gasteiger partial charge < -0.3 is 21.1 Å². The van der Waals surface area contributed by atoms with Crippen molar-refractivity contribution in [2.75, 3.05) is 30.5 Å². The fraction of sp³-hybridized carbons (Fsp3) is 0.400. The van der Waals surface area contributed by atoms with Crippen LogP contribution in [0.15, 0.2) is 12.3 Å². The van der Waals surface area contributed by atoms with Crippen molar-refractivity contribution in [3.63, 3.8) is 0 Å². The minimum atomic E-state index is 0.225. The van der Waals surface area contributed by atoms with Crippen LogP contribution in [0.25, 0.3) is 0 Å². The molecule has 0 spiro atoms. The smallest absolute Gasteiger partial charge is 0.187 e. The van der Waals surface area contributed by atoms with Crippen LogP contribution in [0, 0.1) is 6.92 Å². The van der Waals surface area contributed by atoms with Gasteiger partial charge in [-0.15, -0.1) is 0 Å². The van der Waals surface area contributed by atoms with Crippen LogP contribution in [0.2, 0.25) is 0 Å². The van der Waals surface area contributed by atoms with Gasteiger partial charge in [0, 0.05) is 25.7 Å². The Morgan fingerprint density at radius 2 is 1.86 bits per heavy atom. The molecular formula is C15H22N6O. The molecule has 0 saturated heterocycles. The highest BCUT2D eigenvalue weighted by atomic mass is 16.5. The predicted molar refractivity (Wildman–Crippen MR) is 88.7 cm³/mol. The van der Waals surface area contributed by atoms with Crippen molar-refractivity contribution in [3.05, 3.63) is 23.7 Å². The van der Waals surface area contributed by atoms with E-state index in [4.69, 9.17) is 10.5 Å². The molecule has 0 fully saturated rings. The van der Waals surface area contributed by atoms with Gasteiger partial charge in [0.1, 0.15) is 23.2 Å². The molecule has 0 radical (unpaired) electrons. The summed E-state index contributed by atoms with van der Waals surface area (Å²) in [4.78, 5) is 12.8. The number of nitrogens with two attached hydrogens (primary N) is 1. The summed E-state index contributed by atoms with van der Waals surface area (Å²) in [5, 5.41) is 6.13. The number of ether oxygens (including phenoxy) is 1. The van der Waals surface area contributed by atoms with Crippen molar-refractivity contribution >= 4 is 17.5 Å². The van der Waals surface area contributed by atoms with Gasteiger partial charge >= 0.3 is 0 Å². The van der Waals surface area contributed by atoms with Crippen LogP contribution in [-0.4, -0.2) is 29.0 Å². The quantitative estimate of drug-likeness (QED) is 0.781. The molecule has 0 bridgehead atoms. The van der Waals surface area contributed by atoms with Gasteiger partial charge in [-0.2, -0.15) is 0 Å². The summed E-state index contributed by atoms with van der Waals surface area (Å²) in [5.41, 5.74) is 6.89. The van der Waals surface area contributed by atoms with Crippen LogP contribution in [0.5, 0.6) is 11.5 Å². The van der Waals surface area contributed by atoms with Crippen molar-refractivity contribution in [2.24, 2.45) is 0 Å². The summed E-state index contributed by atoms with van der Waals surface area (Å²) in [5.74, 6) is 3.73. The van der Waals surface area contributed by atoms with Crippen LogP contribution in [0.3, 0.4) is 0 Å². The van der Waals surface area contributed by atoms with Gasteiger partial charge in [0.25, 0.3) is 0 Å². The number of aromatic nitrogens is 3. The zero-order valence-corrected chi connectivity index (χ0v) is 13.6. The third-order valence-electron chi connectivity index (χ3n) is 3.21. The summed E-state index contributed by atoms with van der Waals surface area (Å²) in [6.07, 6.45) is 1.58. The minimum absolute atomic E-state index is 0.225. The molecule has 2 aromatic rings. The van der Waals surface area contributed by atoms with Crippen molar-refractivity contribution in [1.82, 2.24) is 15.0 Å². The van der Waals surface area contributed by atoms with Gasteiger partial charge in [-0.3, -0.25) is 0 Å². The van der Waals surface area contributed by atoms with E-state index in [2.05, 4.69) is 39.4 Å². The maximum absolute atomic E-state index is 5.97. The SMILES string of the molecule is CNc1cc(Oc2cnc(C)nc2N)c(C(C)C)c(NC)n1. The number of rotatable bonds is 5. The second kappa shape index (κ2) is 6.46. The second-order valence-corrected chi connectivity index (χ2v) is 5.19. The summed E-state index contributed by atoms with van der Waals surface area (Å²) in [7, 11) is 3.64. The normalized spacial score (nSPS) is 10.6. The fourth-order valence-electron chi connectivity index (χ4n) is 2.17. The van der Waals surface area contributed by atoms with E-state index in [0.29, 0.717) is 29.0 Å². The summed E-state index contributed by atoms with van der Waals surface area (Å²) < 4.78 is 5.97. The molecule has 0 amide bonds. The zero-order valence-electron chi connectivity index (χ0n) is 13.6. The maximum Gasteiger partial charge on any atom is 0.187 e. The highest BCUT2D eigenvalue weighted by Gasteiger charge is 2.18. The van der Waals surface area contributed by atoms with E-state index < -0.39 is 0 Å². The standard InChI is InChI=1S/C15H22N6O/c1-8(2)13-10(6-12(17-4)21-15(13)18-5)22-11-7-19-9(3)20-14(11)16/h6-8H,1-5H3,(H2,16,19,20)(H2,17,18,21). The Hall–Kier alpha value is -2.57. The molecular weight excluding hydrogens is 280 g/mol. The lowest BCUT2D eigenvalue weighted by Gasteiger charge is -2.19. The number of nitrogen functional groups attached to an aromatic ring is 1. The Morgan fingerprint density at radius 3 is 2.41 bits per heavy atom. The largest absolute Gasteiger partial charge is 0.451 e. The molecule has 2 heterocycles. The third-order valence-corrected chi connectivity index (χ3v) is 3.21. The number of aryl methyl sites for hydroxylation is 1. The third kappa shape index (κ3) is 3.19. The number of pyridine rings is 1. The molecule has 0 unspecified atom stereocenters. The first kappa shape index (κ1) is 15.8. The lowest BCUT2D eigenvalue weighted by molar-refractivity contribution is 0.470. The van der Waals surface area contributed by atoms with Gasteiger partial charge in [-0.1, -0.05) is 13.8 Å². The first-order valence-electron chi connectivity index (χ1n) is 7.13. The molecule has 0 aromatic carbocycles. The highest BCUT2D eigenvalue weighted by Crippen LogP contribution is 2.37. The van der Waals surface area contributed by atoms with Gasteiger partial charge in [-0.05, 0) is 12.8 Å². The first-order valence-corrected chi connectivity index (χ1v) is 7.13. The molecule has 2 aromatic heterocycles. The number of hydrogen-bond donors (Lipinski definition) is 3. The van der Waals surface area contributed by atoms with Gasteiger partial charge in [0.05, 0.1) is 6.20 Å². The minimum Gasteiger partial charge on any atom is -0.451 e. The summed E-state index contributed by atoms with van der Waals surface area (Å²) in [6.45, 7) is 5.95. The highest BCUT2D eigenvalue weighted by molar-refractivity contribution is 5.61. The summed E-state index contributed by atoms with van der Waals surface area (Å²) >= 11 is 0. The van der Waals surface area contributed by atoms with Crippen LogP contribution >= 0.6 is 0 Å². The Kier molecular flexibility index (Phi) is 4.65. The van der Waals surface area contributed by atoms with Crippen LogP contribution in [-0.2, 0) is 0 Å². The Bertz CT molecular complexity index is 671. The van der Waals surface area contributed by atoms with E-state index in [1.807, 2.05) is 20.2 Å². The number of hydrogen-bond acceptors (Lipinski definition) is 7. The zero-order chi connectivity index (χ0) is 16.3. The monoisotopic (exact) mass is 302 g/mol. The summed E-state index contributed by atoms with van der Waals surface area (Å²) in [6, 6.07) is 1.84. The lowest BCUT2D eigenvalue weighted by atomic mass is 10.0. The van der Waals surface area contributed by atoms with Gasteiger partial charge in [-0.25, -0.2) is 15.0 Å². The second-order valence-electron chi connectivity index (χ2n) is 5.19. The first-order chi connectivity index (χ1) is 10.5. The molecule has 0 aliphatic rings. The molecule has 7 nitrogen and oxygen atoms in total. The van der Waals surface area contributed by atoms with Crippen LogP contribution in [0.1, 0.15) is 31.2 Å². The molecule has 0 aliphatic heterocycles. The average Bonchev–Trinajstić information content (AvgIpc) is 2.48. The topological polar surface area (TPSA) is 98.0 Å². The Labute approximate surface area is 130 Å². The molecule has 2 rings (SSSR count). The van der Waals surface area contributed by atoms with Crippen molar-refractivity contribution in [2.45, 2.75) is 26.7 Å². The van der Waals surface area contributed by atoms with E-state index in [1.54, 1.807) is 13.1 Å². The molecule has 0 aliphatic carbocycles. The molecule has 0 atom stereocenters. The molecule has 22 heavy (non-hydrogen) atoms. The van der Waals surface area contributed by atoms with Gasteiger partial charge in [0.2, 0.25) is 0 Å². The molecule has 118 valence electrons. The van der Waals surface area contributed by atoms with E-state index >= 15 is 0 Å². The lowest BCUT2D eigenvalue weighted by Crippen LogP contribution is -2.07. The average molecular weight is 302 g/mol. The van der Waals surface area contributed by atoms with E-state index in [0.717, 1.165) is 11.4 Å². The fourth-order valence-corrected chi connectivity index (χ4v) is 2.17. The van der Waals surface area contributed by atoms with Crippen molar-refractivity contribution in [3.8, 4) is 11.5 Å². The van der Waals surface area contributed by atoms with Crippen molar-refractivity contribution < 1.29 is 4.74 Å².